The smallest absolute Gasteiger partial charge is 0.348 e. The minimum Gasteiger partial charge on any atom is -0.365 e. The van der Waals surface area contributed by atoms with Crippen LogP contribution in [-0.2, 0) is 9.47 Å². The van der Waals surface area contributed by atoms with Gasteiger partial charge in [-0.1, -0.05) is 0 Å². The van der Waals surface area contributed by atoms with Crippen molar-refractivity contribution in [1.82, 2.24) is 19.6 Å². The van der Waals surface area contributed by atoms with Crippen molar-refractivity contribution >= 4 is 11.5 Å². The number of nitrogens with one attached hydrogen (secondary N) is 2. The number of aromatic amines is 1. The first-order valence-corrected chi connectivity index (χ1v) is 4.97. The fourth-order valence-electron chi connectivity index (χ4n) is 1.36. The fourth-order valence-corrected chi connectivity index (χ4v) is 1.36. The summed E-state index contributed by atoms with van der Waals surface area (Å²) in [4.78, 5) is 15.3. The Bertz CT molecular complexity index is 545. The maximum Gasteiger partial charge on any atom is 0.348 e. The van der Waals surface area contributed by atoms with Gasteiger partial charge in [-0.05, 0) is 0 Å². The molecule has 0 amide bonds. The normalized spacial score (nSPS) is 11.2. The minimum atomic E-state index is -0.352. The first kappa shape index (κ1) is 11.6. The third kappa shape index (κ3) is 2.43. The first-order valence-electron chi connectivity index (χ1n) is 4.97. The second-order valence-corrected chi connectivity index (χ2v) is 3.31. The average Bonchev–Trinajstić information content (AvgIpc) is 2.72. The van der Waals surface area contributed by atoms with E-state index in [1.54, 1.807) is 20.3 Å². The highest BCUT2D eigenvalue weighted by Crippen LogP contribution is 2.04. The largest absolute Gasteiger partial charge is 0.365 e. The number of fused-ring (bicyclic) bond motifs is 1. The zero-order valence-corrected chi connectivity index (χ0v) is 9.51. The summed E-state index contributed by atoms with van der Waals surface area (Å²) in [7, 11) is 3.11. The van der Waals surface area contributed by atoms with E-state index >= 15 is 0 Å². The van der Waals surface area contributed by atoms with E-state index in [1.165, 1.54) is 10.7 Å². The molecule has 0 aliphatic rings. The maximum absolute atomic E-state index is 11.2. The summed E-state index contributed by atoms with van der Waals surface area (Å²) in [6.07, 6.45) is 1.05. The van der Waals surface area contributed by atoms with Crippen LogP contribution < -0.4 is 11.0 Å². The number of aromatic nitrogens is 4. The van der Waals surface area contributed by atoms with Gasteiger partial charge in [0.2, 0.25) is 0 Å². The number of hydrogen-bond donors (Lipinski definition) is 2. The van der Waals surface area contributed by atoms with E-state index in [9.17, 15) is 4.79 Å². The molecule has 0 fully saturated rings. The van der Waals surface area contributed by atoms with Crippen LogP contribution in [0.5, 0.6) is 0 Å². The fraction of sp³-hybridized carbons (Fsp3) is 0.444. The van der Waals surface area contributed by atoms with Gasteiger partial charge in [-0.25, -0.2) is 19.3 Å². The van der Waals surface area contributed by atoms with Gasteiger partial charge in [-0.2, -0.15) is 5.10 Å². The van der Waals surface area contributed by atoms with Gasteiger partial charge in [0, 0.05) is 20.3 Å². The van der Waals surface area contributed by atoms with Crippen LogP contribution in [0.1, 0.15) is 0 Å². The maximum atomic E-state index is 11.2. The molecule has 0 saturated heterocycles. The Hall–Kier alpha value is -1.93. The van der Waals surface area contributed by atoms with E-state index in [-0.39, 0.29) is 12.0 Å². The molecule has 17 heavy (non-hydrogen) atoms. The Balaban J connectivity index is 2.11. The van der Waals surface area contributed by atoms with E-state index < -0.39 is 0 Å². The van der Waals surface area contributed by atoms with Crippen LogP contribution in [0.4, 0.5) is 5.82 Å². The Labute approximate surface area is 96.6 Å². The van der Waals surface area contributed by atoms with E-state index in [2.05, 4.69) is 20.5 Å². The van der Waals surface area contributed by atoms with Gasteiger partial charge < -0.3 is 14.8 Å². The molecular weight excluding hydrogens is 226 g/mol. The molecule has 8 nitrogen and oxygen atoms in total. The second-order valence-electron chi connectivity index (χ2n) is 3.31. The zero-order chi connectivity index (χ0) is 12.3. The summed E-state index contributed by atoms with van der Waals surface area (Å²) in [5, 5.41) is 9.18. The number of H-pyrrole nitrogens is 1. The molecule has 2 N–H and O–H groups in total. The molecule has 0 bridgehead atoms. The zero-order valence-electron chi connectivity index (χ0n) is 9.51. The first-order chi connectivity index (χ1) is 8.24. The number of anilines is 1. The highest BCUT2D eigenvalue weighted by atomic mass is 16.7. The van der Waals surface area contributed by atoms with E-state index in [0.717, 1.165) is 0 Å². The predicted molar refractivity (Wildman–Crippen MR) is 59.9 cm³/mol. The van der Waals surface area contributed by atoms with Crippen molar-refractivity contribution in [3.05, 3.63) is 22.9 Å². The van der Waals surface area contributed by atoms with Crippen LogP contribution in [0.15, 0.2) is 17.2 Å². The van der Waals surface area contributed by atoms with Crippen LogP contribution >= 0.6 is 0 Å². The van der Waals surface area contributed by atoms with E-state index in [0.29, 0.717) is 18.0 Å². The van der Waals surface area contributed by atoms with Gasteiger partial charge in [0.05, 0.1) is 6.54 Å². The van der Waals surface area contributed by atoms with Crippen LogP contribution in [0.3, 0.4) is 0 Å². The molecule has 0 atom stereocenters. The minimum absolute atomic E-state index is 0.314. The molecule has 0 unspecified atom stereocenters. The number of nitrogens with zero attached hydrogens (tertiary/aromatic N) is 3. The highest BCUT2D eigenvalue weighted by Gasteiger charge is 2.06. The van der Waals surface area contributed by atoms with Crippen molar-refractivity contribution in [3.8, 4) is 0 Å². The predicted octanol–water partition coefficient (Wildman–Crippen LogP) is -0.552. The lowest BCUT2D eigenvalue weighted by Gasteiger charge is -2.14. The standard InChI is InChI=1S/C9H13N5O3/c1-16-8(17-2)4-10-6-3-7-12-13-9(15)14(7)5-11-6/h3,5,8,10H,4H2,1-2H3,(H,13,15). The van der Waals surface area contributed by atoms with Gasteiger partial charge in [0.1, 0.15) is 12.1 Å². The molecule has 0 saturated carbocycles. The molecule has 8 heteroatoms. The molecule has 0 aromatic carbocycles. The second kappa shape index (κ2) is 4.93. The lowest BCUT2D eigenvalue weighted by Crippen LogP contribution is -2.24. The van der Waals surface area contributed by atoms with Crippen molar-refractivity contribution in [2.24, 2.45) is 0 Å². The summed E-state index contributed by atoms with van der Waals surface area (Å²) in [6, 6.07) is 1.65. The number of methoxy groups -OCH3 is 2. The number of hydrogen-bond acceptors (Lipinski definition) is 6. The van der Waals surface area contributed by atoms with Crippen molar-refractivity contribution in [2.45, 2.75) is 6.29 Å². The Morgan fingerprint density at radius 1 is 1.53 bits per heavy atom. The van der Waals surface area contributed by atoms with Crippen LogP contribution in [0.2, 0.25) is 0 Å². The molecule has 2 aromatic heterocycles. The summed E-state index contributed by atoms with van der Waals surface area (Å²) < 4.78 is 11.4. The van der Waals surface area contributed by atoms with Gasteiger partial charge in [0.15, 0.2) is 11.9 Å². The number of rotatable bonds is 5. The monoisotopic (exact) mass is 239 g/mol. The van der Waals surface area contributed by atoms with Gasteiger partial charge >= 0.3 is 5.69 Å². The molecule has 0 aliphatic heterocycles. The van der Waals surface area contributed by atoms with E-state index in [1.807, 2.05) is 0 Å². The van der Waals surface area contributed by atoms with Crippen molar-refractivity contribution in [3.63, 3.8) is 0 Å². The van der Waals surface area contributed by atoms with Crippen molar-refractivity contribution in [1.29, 1.82) is 0 Å². The molecule has 2 rings (SSSR count). The lowest BCUT2D eigenvalue weighted by molar-refractivity contribution is -0.0914. The Morgan fingerprint density at radius 3 is 3.00 bits per heavy atom. The molecule has 0 aliphatic carbocycles. The van der Waals surface area contributed by atoms with Gasteiger partial charge in [0.25, 0.3) is 0 Å². The third-order valence-corrected chi connectivity index (χ3v) is 2.29. The third-order valence-electron chi connectivity index (χ3n) is 2.29. The van der Waals surface area contributed by atoms with E-state index in [4.69, 9.17) is 9.47 Å². The summed E-state index contributed by atoms with van der Waals surface area (Å²) >= 11 is 0. The summed E-state index contributed by atoms with van der Waals surface area (Å²) in [5.74, 6) is 0.593. The van der Waals surface area contributed by atoms with Crippen molar-refractivity contribution < 1.29 is 9.47 Å². The highest BCUT2D eigenvalue weighted by molar-refractivity contribution is 5.48. The molecule has 0 spiro atoms. The SMILES string of the molecule is COC(CNc1cc2n[nH]c(=O)n2cn1)OC. The number of ether oxygens (including phenoxy) is 2. The lowest BCUT2D eigenvalue weighted by atomic mass is 10.5. The van der Waals surface area contributed by atoms with Crippen LogP contribution in [0.25, 0.3) is 5.65 Å². The quantitative estimate of drug-likeness (QED) is 0.680. The van der Waals surface area contributed by atoms with Gasteiger partial charge in [-0.3, -0.25) is 0 Å². The van der Waals surface area contributed by atoms with Crippen LogP contribution in [-0.4, -0.2) is 46.6 Å². The molecule has 2 aromatic rings. The topological polar surface area (TPSA) is 93.5 Å². The molecule has 92 valence electrons. The van der Waals surface area contributed by atoms with Crippen LogP contribution in [0, 0.1) is 0 Å². The van der Waals surface area contributed by atoms with Crippen molar-refractivity contribution in [2.75, 3.05) is 26.1 Å². The Kier molecular flexibility index (Phi) is 3.35. The molecule has 2 heterocycles. The summed E-state index contributed by atoms with van der Waals surface area (Å²) in [5.41, 5.74) is 0.185. The molecular formula is C9H13N5O3. The van der Waals surface area contributed by atoms with Gasteiger partial charge in [-0.15, -0.1) is 0 Å². The summed E-state index contributed by atoms with van der Waals surface area (Å²) in [6.45, 7) is 0.449. The average molecular weight is 239 g/mol. The molecule has 0 radical (unpaired) electrons. The Morgan fingerprint density at radius 2 is 2.29 bits per heavy atom.